The fraction of sp³-hybridized carbons (Fsp3) is 0.0500. The Hall–Kier alpha value is -2.87. The third-order valence-corrected chi connectivity index (χ3v) is 4.44. The van der Waals surface area contributed by atoms with E-state index >= 15 is 0 Å². The zero-order valence-corrected chi connectivity index (χ0v) is 12.2. The Labute approximate surface area is 127 Å². The summed E-state index contributed by atoms with van der Waals surface area (Å²) in [6.45, 7) is 2.11. The summed E-state index contributed by atoms with van der Waals surface area (Å²) in [7, 11) is 0. The first-order chi connectivity index (χ1) is 10.8. The van der Waals surface area contributed by atoms with E-state index in [9.17, 15) is 0 Å². The molecule has 0 fully saturated rings. The molecule has 0 aliphatic carbocycles. The number of fused-ring (bicyclic) bond motifs is 8. The molecule has 0 bridgehead atoms. The van der Waals surface area contributed by atoms with Crippen molar-refractivity contribution in [1.82, 2.24) is 9.38 Å². The van der Waals surface area contributed by atoms with Crippen LogP contribution in [-0.2, 0) is 0 Å². The van der Waals surface area contributed by atoms with Gasteiger partial charge in [0, 0.05) is 17.0 Å². The number of hydrogen-bond donors (Lipinski definition) is 0. The van der Waals surface area contributed by atoms with Crippen LogP contribution in [0.15, 0.2) is 66.9 Å². The van der Waals surface area contributed by atoms with Crippen molar-refractivity contribution in [3.8, 4) is 0 Å². The zero-order chi connectivity index (χ0) is 14.7. The van der Waals surface area contributed by atoms with Gasteiger partial charge in [-0.3, -0.25) is 4.40 Å². The number of aromatic nitrogens is 2. The fourth-order valence-electron chi connectivity index (χ4n) is 3.44. The lowest BCUT2D eigenvalue weighted by molar-refractivity contribution is 1.21. The third-order valence-electron chi connectivity index (χ3n) is 4.44. The third kappa shape index (κ3) is 1.41. The van der Waals surface area contributed by atoms with Crippen LogP contribution in [0.5, 0.6) is 0 Å². The molecule has 0 spiro atoms. The van der Waals surface area contributed by atoms with Crippen LogP contribution in [0.4, 0.5) is 0 Å². The molecular formula is C20H14N2. The molecule has 0 radical (unpaired) electrons. The molecule has 0 amide bonds. The Balaban J connectivity index is 2.21. The van der Waals surface area contributed by atoms with Gasteiger partial charge in [0.1, 0.15) is 5.65 Å². The van der Waals surface area contributed by atoms with Gasteiger partial charge in [0.2, 0.25) is 0 Å². The summed E-state index contributed by atoms with van der Waals surface area (Å²) in [4.78, 5) is 4.92. The van der Waals surface area contributed by atoms with Crippen LogP contribution in [0, 0.1) is 6.92 Å². The van der Waals surface area contributed by atoms with Crippen LogP contribution in [0.3, 0.4) is 0 Å². The maximum absolute atomic E-state index is 4.92. The molecule has 104 valence electrons. The first-order valence-electron chi connectivity index (χ1n) is 7.51. The molecule has 0 saturated carbocycles. The number of aryl methyl sites for hydroxylation is 1. The quantitative estimate of drug-likeness (QED) is 0.361. The predicted molar refractivity (Wildman–Crippen MR) is 92.4 cm³/mol. The Morgan fingerprint density at radius 1 is 0.773 bits per heavy atom. The van der Waals surface area contributed by atoms with Crippen molar-refractivity contribution in [2.45, 2.75) is 6.92 Å². The Morgan fingerprint density at radius 2 is 1.41 bits per heavy atom. The SMILES string of the molecule is Cc1ccn2c(c1)nc1c3ccccc3c3ccccc3c12. The van der Waals surface area contributed by atoms with Gasteiger partial charge in [-0.05, 0) is 35.4 Å². The summed E-state index contributed by atoms with van der Waals surface area (Å²) >= 11 is 0. The topological polar surface area (TPSA) is 17.3 Å². The van der Waals surface area contributed by atoms with Crippen LogP contribution < -0.4 is 0 Å². The van der Waals surface area contributed by atoms with Gasteiger partial charge in [0.05, 0.1) is 11.0 Å². The Bertz CT molecular complexity index is 1180. The van der Waals surface area contributed by atoms with Gasteiger partial charge in [0.25, 0.3) is 0 Å². The van der Waals surface area contributed by atoms with E-state index in [4.69, 9.17) is 4.98 Å². The average Bonchev–Trinajstić information content (AvgIpc) is 2.94. The van der Waals surface area contributed by atoms with Gasteiger partial charge in [-0.25, -0.2) is 4.98 Å². The minimum absolute atomic E-state index is 1.01. The highest BCUT2D eigenvalue weighted by Crippen LogP contribution is 2.34. The van der Waals surface area contributed by atoms with E-state index < -0.39 is 0 Å². The molecule has 0 aliphatic heterocycles. The van der Waals surface area contributed by atoms with Gasteiger partial charge >= 0.3 is 0 Å². The maximum Gasteiger partial charge on any atom is 0.138 e. The van der Waals surface area contributed by atoms with Gasteiger partial charge < -0.3 is 0 Å². The monoisotopic (exact) mass is 282 g/mol. The number of benzene rings is 3. The van der Waals surface area contributed by atoms with Crippen molar-refractivity contribution in [2.24, 2.45) is 0 Å². The normalized spacial score (nSPS) is 11.9. The maximum atomic E-state index is 4.92. The molecule has 2 heteroatoms. The molecule has 0 atom stereocenters. The van der Waals surface area contributed by atoms with E-state index in [1.54, 1.807) is 0 Å². The second-order valence-corrected chi connectivity index (χ2v) is 5.83. The van der Waals surface area contributed by atoms with Crippen LogP contribution in [-0.4, -0.2) is 9.38 Å². The smallest absolute Gasteiger partial charge is 0.138 e. The van der Waals surface area contributed by atoms with Crippen molar-refractivity contribution in [3.05, 3.63) is 72.4 Å². The lowest BCUT2D eigenvalue weighted by atomic mass is 10.00. The number of pyridine rings is 1. The number of rotatable bonds is 0. The van der Waals surface area contributed by atoms with E-state index in [-0.39, 0.29) is 0 Å². The van der Waals surface area contributed by atoms with E-state index in [1.807, 2.05) is 0 Å². The van der Waals surface area contributed by atoms with E-state index in [0.29, 0.717) is 0 Å². The van der Waals surface area contributed by atoms with Crippen molar-refractivity contribution >= 4 is 38.2 Å². The fourth-order valence-corrected chi connectivity index (χ4v) is 3.44. The largest absolute Gasteiger partial charge is 0.299 e. The Morgan fingerprint density at radius 3 is 2.18 bits per heavy atom. The zero-order valence-electron chi connectivity index (χ0n) is 12.2. The second-order valence-electron chi connectivity index (χ2n) is 5.83. The summed E-state index contributed by atoms with van der Waals surface area (Å²) in [6, 6.07) is 21.4. The minimum atomic E-state index is 1.01. The molecule has 0 aliphatic rings. The molecule has 2 heterocycles. The lowest BCUT2D eigenvalue weighted by Crippen LogP contribution is -1.86. The highest BCUT2D eigenvalue weighted by molar-refractivity contribution is 6.23. The van der Waals surface area contributed by atoms with Gasteiger partial charge in [-0.15, -0.1) is 0 Å². The molecule has 3 aromatic carbocycles. The number of nitrogens with zero attached hydrogens (tertiary/aromatic N) is 2. The molecule has 5 aromatic rings. The highest BCUT2D eigenvalue weighted by atomic mass is 15.0. The molecule has 2 nitrogen and oxygen atoms in total. The average molecular weight is 282 g/mol. The lowest BCUT2D eigenvalue weighted by Gasteiger charge is -2.06. The van der Waals surface area contributed by atoms with E-state index in [0.717, 1.165) is 11.2 Å². The van der Waals surface area contributed by atoms with E-state index in [1.165, 1.54) is 32.6 Å². The molecule has 5 rings (SSSR count). The highest BCUT2D eigenvalue weighted by Gasteiger charge is 2.13. The number of hydrogen-bond acceptors (Lipinski definition) is 1. The molecule has 2 aromatic heterocycles. The summed E-state index contributed by atoms with van der Waals surface area (Å²) in [5.74, 6) is 0. The molecule has 0 N–H and O–H groups in total. The molecule has 22 heavy (non-hydrogen) atoms. The Kier molecular flexibility index (Phi) is 2.18. The summed E-state index contributed by atoms with van der Waals surface area (Å²) in [5, 5.41) is 5.03. The minimum Gasteiger partial charge on any atom is -0.299 e. The second kappa shape index (κ2) is 4.08. The van der Waals surface area contributed by atoms with Crippen LogP contribution in [0.2, 0.25) is 0 Å². The summed E-state index contributed by atoms with van der Waals surface area (Å²) in [6.07, 6.45) is 2.13. The van der Waals surface area contributed by atoms with Crippen LogP contribution in [0.1, 0.15) is 5.56 Å². The van der Waals surface area contributed by atoms with Crippen LogP contribution in [0.25, 0.3) is 38.2 Å². The van der Waals surface area contributed by atoms with Crippen molar-refractivity contribution in [2.75, 3.05) is 0 Å². The van der Waals surface area contributed by atoms with Crippen molar-refractivity contribution in [1.29, 1.82) is 0 Å². The standard InChI is InChI=1S/C20H14N2/c1-13-10-11-22-18(12-13)21-19-16-8-4-2-6-14(16)15-7-3-5-9-17(15)20(19)22/h2-12H,1H3. The van der Waals surface area contributed by atoms with Gasteiger partial charge in [-0.2, -0.15) is 0 Å². The van der Waals surface area contributed by atoms with Gasteiger partial charge in [0.15, 0.2) is 0 Å². The first-order valence-corrected chi connectivity index (χ1v) is 7.51. The number of imidazole rings is 1. The van der Waals surface area contributed by atoms with Gasteiger partial charge in [-0.1, -0.05) is 48.5 Å². The summed E-state index contributed by atoms with van der Waals surface area (Å²) in [5.41, 5.74) is 4.53. The summed E-state index contributed by atoms with van der Waals surface area (Å²) < 4.78 is 2.21. The molecule has 0 unspecified atom stereocenters. The first kappa shape index (κ1) is 11.8. The molecule has 0 saturated heterocycles. The van der Waals surface area contributed by atoms with Crippen LogP contribution >= 0.6 is 0 Å². The predicted octanol–water partition coefficient (Wildman–Crippen LogP) is 5.10. The molecular weight excluding hydrogens is 268 g/mol. The van der Waals surface area contributed by atoms with Crippen molar-refractivity contribution < 1.29 is 0 Å². The van der Waals surface area contributed by atoms with E-state index in [2.05, 4.69) is 78.2 Å². The van der Waals surface area contributed by atoms with Crippen molar-refractivity contribution in [3.63, 3.8) is 0 Å².